The number of methoxy groups -OCH3 is 1. The fourth-order valence-electron chi connectivity index (χ4n) is 3.01. The molecule has 0 N–H and O–H groups in total. The minimum atomic E-state index is -0.338. The van der Waals surface area contributed by atoms with Gasteiger partial charge in [-0.25, -0.2) is 0 Å². The molecule has 3 aromatic rings. The first kappa shape index (κ1) is 21.2. The quantitative estimate of drug-likeness (QED) is 0.417. The highest BCUT2D eigenvalue weighted by Crippen LogP contribution is 2.34. The number of aromatic nitrogens is 2. The summed E-state index contributed by atoms with van der Waals surface area (Å²) in [4.78, 5) is 32.4. The molecule has 4 rings (SSSR count). The van der Waals surface area contributed by atoms with Crippen LogP contribution in [0.5, 0.6) is 11.6 Å². The number of benzene rings is 1. The SMILES string of the molecule is COCCN1C(=O)C(=Cc2c(Oc3ccc(C)cc3)nc3ccccn3c2=O)SC1=S. The van der Waals surface area contributed by atoms with Gasteiger partial charge in [-0.2, -0.15) is 4.98 Å². The molecule has 7 nitrogen and oxygen atoms in total. The summed E-state index contributed by atoms with van der Waals surface area (Å²) in [6.07, 6.45) is 3.13. The van der Waals surface area contributed by atoms with Crippen molar-refractivity contribution in [1.82, 2.24) is 14.3 Å². The number of amides is 1. The lowest BCUT2D eigenvalue weighted by atomic mass is 10.2. The smallest absolute Gasteiger partial charge is 0.269 e. The van der Waals surface area contributed by atoms with Crippen molar-refractivity contribution < 1.29 is 14.3 Å². The predicted octanol–water partition coefficient (Wildman–Crippen LogP) is 3.64. The van der Waals surface area contributed by atoms with Crippen LogP contribution in [0.4, 0.5) is 0 Å². The zero-order valence-electron chi connectivity index (χ0n) is 16.9. The van der Waals surface area contributed by atoms with E-state index in [2.05, 4.69) is 4.98 Å². The van der Waals surface area contributed by atoms with Crippen LogP contribution in [-0.4, -0.2) is 44.8 Å². The van der Waals surface area contributed by atoms with E-state index >= 15 is 0 Å². The summed E-state index contributed by atoms with van der Waals surface area (Å²) in [5, 5.41) is 0. The molecule has 1 fully saturated rings. The molecule has 0 unspecified atom stereocenters. The highest BCUT2D eigenvalue weighted by Gasteiger charge is 2.32. The molecule has 0 aliphatic carbocycles. The number of fused-ring (bicyclic) bond motifs is 1. The van der Waals surface area contributed by atoms with Crippen LogP contribution < -0.4 is 10.3 Å². The van der Waals surface area contributed by atoms with Crippen molar-refractivity contribution in [3.63, 3.8) is 0 Å². The van der Waals surface area contributed by atoms with Gasteiger partial charge in [-0.3, -0.25) is 18.9 Å². The van der Waals surface area contributed by atoms with Gasteiger partial charge in [-0.1, -0.05) is 47.7 Å². The second-order valence-electron chi connectivity index (χ2n) is 6.81. The first-order chi connectivity index (χ1) is 15.0. The number of nitrogens with zero attached hydrogens (tertiary/aromatic N) is 3. The molecule has 2 aromatic heterocycles. The summed E-state index contributed by atoms with van der Waals surface area (Å²) in [5.41, 5.74) is 1.37. The molecule has 9 heteroatoms. The molecule has 0 bridgehead atoms. The second-order valence-corrected chi connectivity index (χ2v) is 8.48. The number of hydrogen-bond acceptors (Lipinski definition) is 7. The number of rotatable bonds is 6. The van der Waals surface area contributed by atoms with Crippen LogP contribution in [0.3, 0.4) is 0 Å². The predicted molar refractivity (Wildman–Crippen MR) is 124 cm³/mol. The average molecular weight is 454 g/mol. The van der Waals surface area contributed by atoms with Crippen molar-refractivity contribution in [1.29, 1.82) is 0 Å². The number of hydrogen-bond donors (Lipinski definition) is 0. The molecule has 1 aliphatic heterocycles. The van der Waals surface area contributed by atoms with Gasteiger partial charge < -0.3 is 9.47 Å². The molecule has 1 aliphatic rings. The van der Waals surface area contributed by atoms with Crippen LogP contribution in [0.2, 0.25) is 0 Å². The molecule has 158 valence electrons. The summed E-state index contributed by atoms with van der Waals surface area (Å²) in [7, 11) is 1.56. The van der Waals surface area contributed by atoms with Gasteiger partial charge in [0.05, 0.1) is 18.1 Å². The first-order valence-electron chi connectivity index (χ1n) is 9.48. The first-order valence-corrected chi connectivity index (χ1v) is 10.7. The van der Waals surface area contributed by atoms with Crippen molar-refractivity contribution in [3.8, 4) is 11.6 Å². The lowest BCUT2D eigenvalue weighted by Crippen LogP contribution is -2.31. The Balaban J connectivity index is 1.80. The number of carbonyl (C=O) groups is 1. The molecule has 1 saturated heterocycles. The summed E-state index contributed by atoms with van der Waals surface area (Å²) in [6.45, 7) is 2.68. The molecular formula is C22H19N3O4S2. The van der Waals surface area contributed by atoms with Crippen molar-refractivity contribution in [2.45, 2.75) is 6.92 Å². The Morgan fingerprint density at radius 2 is 1.94 bits per heavy atom. The lowest BCUT2D eigenvalue weighted by molar-refractivity contribution is -0.122. The van der Waals surface area contributed by atoms with E-state index in [9.17, 15) is 9.59 Å². The lowest BCUT2D eigenvalue weighted by Gasteiger charge is -2.13. The van der Waals surface area contributed by atoms with Crippen molar-refractivity contribution in [2.75, 3.05) is 20.3 Å². The van der Waals surface area contributed by atoms with E-state index in [-0.39, 0.29) is 22.9 Å². The molecule has 0 atom stereocenters. The molecule has 31 heavy (non-hydrogen) atoms. The van der Waals surface area contributed by atoms with Gasteiger partial charge >= 0.3 is 0 Å². The zero-order chi connectivity index (χ0) is 22.0. The Morgan fingerprint density at radius 1 is 1.16 bits per heavy atom. The number of aryl methyl sites for hydroxylation is 1. The molecule has 0 saturated carbocycles. The van der Waals surface area contributed by atoms with Crippen LogP contribution in [0, 0.1) is 6.92 Å². The molecule has 0 spiro atoms. The number of ether oxygens (including phenoxy) is 2. The largest absolute Gasteiger partial charge is 0.438 e. The highest BCUT2D eigenvalue weighted by molar-refractivity contribution is 8.26. The summed E-state index contributed by atoms with van der Waals surface area (Å²) in [6, 6.07) is 12.7. The van der Waals surface area contributed by atoms with Gasteiger partial charge in [0.1, 0.15) is 21.3 Å². The van der Waals surface area contributed by atoms with Crippen LogP contribution in [0.15, 0.2) is 58.4 Å². The van der Waals surface area contributed by atoms with Gasteiger partial charge in [0.25, 0.3) is 11.5 Å². The van der Waals surface area contributed by atoms with Gasteiger partial charge in [-0.15, -0.1) is 0 Å². The van der Waals surface area contributed by atoms with Crippen LogP contribution in [0.25, 0.3) is 11.7 Å². The number of pyridine rings is 1. The Morgan fingerprint density at radius 3 is 2.68 bits per heavy atom. The third-order valence-electron chi connectivity index (χ3n) is 4.64. The molecule has 0 radical (unpaired) electrons. The standard InChI is InChI=1S/C22H19N3O4S2/c1-14-6-8-15(9-7-14)29-19-16(20(26)24-10-4-3-5-18(24)23-19)13-17-21(27)25(11-12-28-2)22(30)31-17/h3-10,13H,11-12H2,1-2H3. The summed E-state index contributed by atoms with van der Waals surface area (Å²) in [5.74, 6) is 0.396. The van der Waals surface area contributed by atoms with Crippen LogP contribution in [-0.2, 0) is 9.53 Å². The Labute approximate surface area is 188 Å². The fourth-order valence-corrected chi connectivity index (χ4v) is 4.30. The molecule has 3 heterocycles. The van der Waals surface area contributed by atoms with Gasteiger partial charge in [0.15, 0.2) is 0 Å². The summed E-state index contributed by atoms with van der Waals surface area (Å²) < 4.78 is 12.8. The van der Waals surface area contributed by atoms with E-state index in [0.29, 0.717) is 33.8 Å². The van der Waals surface area contributed by atoms with E-state index in [1.54, 1.807) is 43.6 Å². The maximum atomic E-state index is 13.2. The highest BCUT2D eigenvalue weighted by atomic mass is 32.2. The van der Waals surface area contributed by atoms with E-state index in [1.165, 1.54) is 15.4 Å². The van der Waals surface area contributed by atoms with Gasteiger partial charge in [-0.05, 0) is 37.3 Å². The van der Waals surface area contributed by atoms with Crippen molar-refractivity contribution in [3.05, 3.63) is 75.0 Å². The maximum Gasteiger partial charge on any atom is 0.269 e. The topological polar surface area (TPSA) is 73.1 Å². The number of thioether (sulfide) groups is 1. The van der Waals surface area contributed by atoms with E-state index in [4.69, 9.17) is 21.7 Å². The minimum absolute atomic E-state index is 0.127. The second kappa shape index (κ2) is 9.01. The number of carbonyl (C=O) groups excluding carboxylic acids is 1. The molecular weight excluding hydrogens is 434 g/mol. The molecule has 1 aromatic carbocycles. The Kier molecular flexibility index (Phi) is 6.17. The number of thiocarbonyl (C=S) groups is 1. The zero-order valence-corrected chi connectivity index (χ0v) is 18.5. The maximum absolute atomic E-state index is 13.2. The van der Waals surface area contributed by atoms with Gasteiger partial charge in [0.2, 0.25) is 5.88 Å². The normalized spacial score (nSPS) is 15.3. The van der Waals surface area contributed by atoms with Crippen LogP contribution in [0.1, 0.15) is 11.1 Å². The van der Waals surface area contributed by atoms with Gasteiger partial charge in [0, 0.05) is 13.3 Å². The summed E-state index contributed by atoms with van der Waals surface area (Å²) >= 11 is 6.47. The molecule has 1 amide bonds. The minimum Gasteiger partial charge on any atom is -0.438 e. The van der Waals surface area contributed by atoms with E-state index < -0.39 is 0 Å². The van der Waals surface area contributed by atoms with Crippen molar-refractivity contribution >= 4 is 45.9 Å². The Hall–Kier alpha value is -3.01. The fraction of sp³-hybridized carbons (Fsp3) is 0.182. The third-order valence-corrected chi connectivity index (χ3v) is 6.02. The average Bonchev–Trinajstić information content (AvgIpc) is 3.03. The van der Waals surface area contributed by atoms with E-state index in [0.717, 1.165) is 17.3 Å². The Bertz CT molecular complexity index is 1250. The van der Waals surface area contributed by atoms with Crippen LogP contribution >= 0.6 is 24.0 Å². The van der Waals surface area contributed by atoms with Crippen molar-refractivity contribution in [2.24, 2.45) is 0 Å². The monoisotopic (exact) mass is 453 g/mol. The third kappa shape index (κ3) is 4.39. The van der Waals surface area contributed by atoms with E-state index in [1.807, 2.05) is 19.1 Å².